The van der Waals surface area contributed by atoms with Gasteiger partial charge in [-0.2, -0.15) is 0 Å². The van der Waals surface area contributed by atoms with Crippen LogP contribution in [0.2, 0.25) is 0 Å². The second kappa shape index (κ2) is 3.17. The van der Waals surface area contributed by atoms with E-state index in [4.69, 9.17) is 5.11 Å². The van der Waals surface area contributed by atoms with Crippen LogP contribution in [0, 0.1) is 0 Å². The van der Waals surface area contributed by atoms with Crippen molar-refractivity contribution in [3.05, 3.63) is 24.0 Å². The Balaban J connectivity index is 2.96. The normalized spacial score (nSPS) is 9.40. The molecule has 0 aromatic carbocycles. The summed E-state index contributed by atoms with van der Waals surface area (Å²) in [6, 6.07) is 3.70. The lowest BCUT2D eigenvalue weighted by Gasteiger charge is -2.02. The molecule has 10 heavy (non-hydrogen) atoms. The molecule has 0 bridgehead atoms. The SMILES string of the molecule is CNc1cccnc1CO. The molecule has 3 heteroatoms. The zero-order valence-corrected chi connectivity index (χ0v) is 5.83. The van der Waals surface area contributed by atoms with E-state index >= 15 is 0 Å². The van der Waals surface area contributed by atoms with E-state index in [2.05, 4.69) is 10.3 Å². The minimum atomic E-state index is -0.0169. The fourth-order valence-corrected chi connectivity index (χ4v) is 0.792. The van der Waals surface area contributed by atoms with E-state index in [1.165, 1.54) is 0 Å². The highest BCUT2D eigenvalue weighted by molar-refractivity contribution is 5.46. The lowest BCUT2D eigenvalue weighted by molar-refractivity contribution is 0.277. The first-order valence-electron chi connectivity index (χ1n) is 3.11. The lowest BCUT2D eigenvalue weighted by Crippen LogP contribution is -1.96. The third-order valence-electron chi connectivity index (χ3n) is 1.31. The van der Waals surface area contributed by atoms with Crippen LogP contribution < -0.4 is 5.32 Å². The monoisotopic (exact) mass is 138 g/mol. The number of pyridine rings is 1. The topological polar surface area (TPSA) is 45.2 Å². The Morgan fingerprint density at radius 2 is 2.50 bits per heavy atom. The van der Waals surface area contributed by atoms with Gasteiger partial charge in [0.05, 0.1) is 18.0 Å². The highest BCUT2D eigenvalue weighted by atomic mass is 16.3. The van der Waals surface area contributed by atoms with E-state index in [9.17, 15) is 0 Å². The van der Waals surface area contributed by atoms with Crippen LogP contribution in [0.1, 0.15) is 5.69 Å². The minimum Gasteiger partial charge on any atom is -0.390 e. The molecule has 2 N–H and O–H groups in total. The van der Waals surface area contributed by atoms with Crippen molar-refractivity contribution in [3.63, 3.8) is 0 Å². The molecule has 0 unspecified atom stereocenters. The standard InChI is InChI=1S/C7H10N2O/c1-8-6-3-2-4-9-7(6)5-10/h2-4,8,10H,5H2,1H3. The Hall–Kier alpha value is -1.09. The molecule has 1 aromatic heterocycles. The van der Waals surface area contributed by atoms with Crippen molar-refractivity contribution in [1.82, 2.24) is 4.98 Å². The van der Waals surface area contributed by atoms with Crippen molar-refractivity contribution in [3.8, 4) is 0 Å². The summed E-state index contributed by atoms with van der Waals surface area (Å²) in [7, 11) is 1.80. The molecule has 0 spiro atoms. The zero-order chi connectivity index (χ0) is 7.40. The number of nitrogens with one attached hydrogen (secondary N) is 1. The summed E-state index contributed by atoms with van der Waals surface area (Å²) in [6.07, 6.45) is 1.66. The fourth-order valence-electron chi connectivity index (χ4n) is 0.792. The Bertz CT molecular complexity index is 190. The second-order valence-corrected chi connectivity index (χ2v) is 1.91. The average Bonchev–Trinajstić information content (AvgIpc) is 2.04. The van der Waals surface area contributed by atoms with Gasteiger partial charge in [-0.25, -0.2) is 0 Å². The maximum Gasteiger partial charge on any atom is 0.0888 e. The maximum atomic E-state index is 8.75. The first kappa shape index (κ1) is 7.02. The minimum absolute atomic E-state index is 0.0169. The number of aliphatic hydroxyl groups excluding tert-OH is 1. The predicted octanol–water partition coefficient (Wildman–Crippen LogP) is 0.616. The second-order valence-electron chi connectivity index (χ2n) is 1.91. The number of nitrogens with zero attached hydrogens (tertiary/aromatic N) is 1. The van der Waals surface area contributed by atoms with Gasteiger partial charge in [0.25, 0.3) is 0 Å². The molecule has 1 aromatic rings. The Morgan fingerprint density at radius 1 is 1.70 bits per heavy atom. The van der Waals surface area contributed by atoms with Gasteiger partial charge < -0.3 is 10.4 Å². The molecular weight excluding hydrogens is 128 g/mol. The molecule has 0 amide bonds. The van der Waals surface area contributed by atoms with Crippen molar-refractivity contribution in [2.45, 2.75) is 6.61 Å². The van der Waals surface area contributed by atoms with Gasteiger partial charge in [0.2, 0.25) is 0 Å². The number of hydrogen-bond acceptors (Lipinski definition) is 3. The first-order valence-corrected chi connectivity index (χ1v) is 3.11. The summed E-state index contributed by atoms with van der Waals surface area (Å²) >= 11 is 0. The molecule has 0 aliphatic rings. The van der Waals surface area contributed by atoms with Gasteiger partial charge in [0.15, 0.2) is 0 Å². The van der Waals surface area contributed by atoms with Crippen LogP contribution in [0.4, 0.5) is 5.69 Å². The third kappa shape index (κ3) is 1.25. The molecule has 0 aliphatic carbocycles. The molecule has 1 rings (SSSR count). The van der Waals surface area contributed by atoms with Crippen molar-refractivity contribution < 1.29 is 5.11 Å². The fraction of sp³-hybridized carbons (Fsp3) is 0.286. The number of rotatable bonds is 2. The molecule has 1 heterocycles. The quantitative estimate of drug-likeness (QED) is 0.629. The van der Waals surface area contributed by atoms with Crippen LogP contribution in [0.15, 0.2) is 18.3 Å². The van der Waals surface area contributed by atoms with Crippen molar-refractivity contribution in [2.24, 2.45) is 0 Å². The number of hydrogen-bond donors (Lipinski definition) is 2. The van der Waals surface area contributed by atoms with Crippen LogP contribution in [-0.2, 0) is 6.61 Å². The van der Waals surface area contributed by atoms with Crippen molar-refractivity contribution in [2.75, 3.05) is 12.4 Å². The Kier molecular flexibility index (Phi) is 2.23. The molecule has 0 radical (unpaired) electrons. The van der Waals surface area contributed by atoms with E-state index in [-0.39, 0.29) is 6.61 Å². The molecule has 0 saturated heterocycles. The highest BCUT2D eigenvalue weighted by Crippen LogP contribution is 2.09. The number of aromatic nitrogens is 1. The van der Waals surface area contributed by atoms with Gasteiger partial charge in [0.1, 0.15) is 0 Å². The van der Waals surface area contributed by atoms with Gasteiger partial charge >= 0.3 is 0 Å². The van der Waals surface area contributed by atoms with E-state index in [0.717, 1.165) is 5.69 Å². The van der Waals surface area contributed by atoms with Gasteiger partial charge in [-0.3, -0.25) is 4.98 Å². The van der Waals surface area contributed by atoms with Gasteiger partial charge in [-0.1, -0.05) is 0 Å². The van der Waals surface area contributed by atoms with Crippen LogP contribution >= 0.6 is 0 Å². The number of anilines is 1. The molecule has 0 fully saturated rings. The highest BCUT2D eigenvalue weighted by Gasteiger charge is 1.96. The van der Waals surface area contributed by atoms with Crippen molar-refractivity contribution in [1.29, 1.82) is 0 Å². The molecule has 0 aliphatic heterocycles. The van der Waals surface area contributed by atoms with E-state index in [1.54, 1.807) is 13.2 Å². The largest absolute Gasteiger partial charge is 0.390 e. The van der Waals surface area contributed by atoms with Crippen molar-refractivity contribution >= 4 is 5.69 Å². The van der Waals surface area contributed by atoms with Crippen LogP contribution in [0.3, 0.4) is 0 Å². The maximum absolute atomic E-state index is 8.75. The van der Waals surface area contributed by atoms with E-state index in [0.29, 0.717) is 5.69 Å². The molecule has 0 atom stereocenters. The summed E-state index contributed by atoms with van der Waals surface area (Å²) in [4.78, 5) is 3.96. The summed E-state index contributed by atoms with van der Waals surface area (Å²) in [5.74, 6) is 0. The molecular formula is C7H10N2O. The predicted molar refractivity (Wildman–Crippen MR) is 39.7 cm³/mol. The van der Waals surface area contributed by atoms with Gasteiger partial charge in [-0.05, 0) is 12.1 Å². The van der Waals surface area contributed by atoms with E-state index < -0.39 is 0 Å². The summed E-state index contributed by atoms with van der Waals surface area (Å²) in [5, 5.41) is 11.7. The van der Waals surface area contributed by atoms with E-state index in [1.807, 2.05) is 12.1 Å². The Morgan fingerprint density at radius 3 is 3.00 bits per heavy atom. The summed E-state index contributed by atoms with van der Waals surface area (Å²) in [6.45, 7) is -0.0169. The van der Waals surface area contributed by atoms with Gasteiger partial charge in [0, 0.05) is 13.2 Å². The Labute approximate surface area is 59.7 Å². The first-order chi connectivity index (χ1) is 4.88. The van der Waals surface area contributed by atoms with Crippen LogP contribution in [-0.4, -0.2) is 17.1 Å². The zero-order valence-electron chi connectivity index (χ0n) is 5.83. The lowest BCUT2D eigenvalue weighted by atomic mass is 10.3. The van der Waals surface area contributed by atoms with Crippen LogP contribution in [0.5, 0.6) is 0 Å². The smallest absolute Gasteiger partial charge is 0.0888 e. The molecule has 54 valence electrons. The number of aliphatic hydroxyl groups is 1. The molecule has 0 saturated carbocycles. The van der Waals surface area contributed by atoms with Gasteiger partial charge in [-0.15, -0.1) is 0 Å². The average molecular weight is 138 g/mol. The summed E-state index contributed by atoms with van der Waals surface area (Å²) < 4.78 is 0. The molecule has 3 nitrogen and oxygen atoms in total. The third-order valence-corrected chi connectivity index (χ3v) is 1.31. The summed E-state index contributed by atoms with van der Waals surface area (Å²) in [5.41, 5.74) is 1.56. The van der Waals surface area contributed by atoms with Crippen LogP contribution in [0.25, 0.3) is 0 Å².